The molecule has 1 aromatic rings. The predicted octanol–water partition coefficient (Wildman–Crippen LogP) is 4.93. The molecule has 0 spiro atoms. The van der Waals surface area contributed by atoms with Crippen molar-refractivity contribution in [3.8, 4) is 0 Å². The summed E-state index contributed by atoms with van der Waals surface area (Å²) in [4.78, 5) is 13.2. The molecule has 1 aliphatic rings. The molecular formula is C18H29NO2S2. The van der Waals surface area contributed by atoms with Crippen LogP contribution in [-0.4, -0.2) is 22.9 Å². The monoisotopic (exact) mass is 355 g/mol. The summed E-state index contributed by atoms with van der Waals surface area (Å²) >= 11 is 3.53. The number of nitrogens with one attached hydrogen (secondary N) is 1. The Morgan fingerprint density at radius 2 is 2.00 bits per heavy atom. The molecule has 0 saturated heterocycles. The zero-order chi connectivity index (χ0) is 16.8. The molecule has 1 fully saturated rings. The average Bonchev–Trinajstić information content (AvgIpc) is 2.94. The van der Waals surface area contributed by atoms with E-state index in [4.69, 9.17) is 5.11 Å². The van der Waals surface area contributed by atoms with Crippen molar-refractivity contribution in [3.63, 3.8) is 0 Å². The quantitative estimate of drug-likeness (QED) is 0.649. The molecular weight excluding hydrogens is 326 g/mol. The molecule has 1 atom stereocenters. The second kappa shape index (κ2) is 9.09. The molecule has 1 unspecified atom stereocenters. The molecule has 23 heavy (non-hydrogen) atoms. The fourth-order valence-electron chi connectivity index (χ4n) is 3.34. The van der Waals surface area contributed by atoms with E-state index in [0.29, 0.717) is 11.2 Å². The summed E-state index contributed by atoms with van der Waals surface area (Å²) in [7, 11) is 0. The van der Waals surface area contributed by atoms with Crippen LogP contribution in [0.2, 0.25) is 0 Å². The third-order valence-electron chi connectivity index (χ3n) is 4.71. The summed E-state index contributed by atoms with van der Waals surface area (Å²) in [5, 5.41) is 9.52. The van der Waals surface area contributed by atoms with E-state index in [0.717, 1.165) is 23.3 Å². The Kier molecular flexibility index (Phi) is 7.44. The van der Waals surface area contributed by atoms with Crippen molar-refractivity contribution in [3.05, 3.63) is 21.9 Å². The molecule has 0 radical (unpaired) electrons. The van der Waals surface area contributed by atoms with Crippen LogP contribution in [0.4, 0.5) is 0 Å². The zero-order valence-corrected chi connectivity index (χ0v) is 16.0. The lowest BCUT2D eigenvalue weighted by molar-refractivity contribution is -0.136. The van der Waals surface area contributed by atoms with Gasteiger partial charge in [-0.3, -0.25) is 9.52 Å². The van der Waals surface area contributed by atoms with Crippen molar-refractivity contribution in [1.82, 2.24) is 4.72 Å². The molecule has 3 nitrogen and oxygen atoms in total. The van der Waals surface area contributed by atoms with Crippen LogP contribution < -0.4 is 4.72 Å². The maximum absolute atomic E-state index is 10.8. The van der Waals surface area contributed by atoms with E-state index in [-0.39, 0.29) is 6.42 Å². The Hall–Kier alpha value is -0.520. The van der Waals surface area contributed by atoms with Gasteiger partial charge in [-0.05, 0) is 55.6 Å². The molecule has 0 amide bonds. The van der Waals surface area contributed by atoms with Crippen LogP contribution in [0.3, 0.4) is 0 Å². The fraction of sp³-hybridized carbons (Fsp3) is 0.722. The number of hydrogen-bond donors (Lipinski definition) is 2. The van der Waals surface area contributed by atoms with Crippen molar-refractivity contribution in [2.75, 3.05) is 6.54 Å². The molecule has 130 valence electrons. The third-order valence-corrected chi connectivity index (χ3v) is 6.76. The van der Waals surface area contributed by atoms with Gasteiger partial charge in [0, 0.05) is 21.5 Å². The van der Waals surface area contributed by atoms with Gasteiger partial charge in [-0.1, -0.05) is 32.7 Å². The first-order valence-electron chi connectivity index (χ1n) is 8.64. The lowest BCUT2D eigenvalue weighted by Crippen LogP contribution is -2.26. The summed E-state index contributed by atoms with van der Waals surface area (Å²) in [5.41, 5.74) is 0. The van der Waals surface area contributed by atoms with E-state index in [1.807, 2.05) is 18.0 Å². The highest BCUT2D eigenvalue weighted by Gasteiger charge is 2.26. The second-order valence-electron chi connectivity index (χ2n) is 6.98. The maximum Gasteiger partial charge on any atom is 0.308 e. The summed E-state index contributed by atoms with van der Waals surface area (Å²) in [6.07, 6.45) is 5.26. The van der Waals surface area contributed by atoms with Crippen molar-refractivity contribution >= 4 is 29.3 Å². The highest BCUT2D eigenvalue weighted by molar-refractivity contribution is 7.97. The number of thiophene rings is 1. The number of hydrogen-bond acceptors (Lipinski definition) is 4. The zero-order valence-electron chi connectivity index (χ0n) is 14.4. The van der Waals surface area contributed by atoms with Crippen LogP contribution in [0.1, 0.15) is 62.1 Å². The smallest absolute Gasteiger partial charge is 0.308 e. The van der Waals surface area contributed by atoms with Gasteiger partial charge in [-0.15, -0.1) is 11.3 Å². The lowest BCUT2D eigenvalue weighted by Gasteiger charge is -2.32. The van der Waals surface area contributed by atoms with Gasteiger partial charge in [0.05, 0.1) is 6.42 Å². The van der Waals surface area contributed by atoms with Gasteiger partial charge in [0.15, 0.2) is 0 Å². The predicted molar refractivity (Wildman–Crippen MR) is 100 cm³/mol. The maximum atomic E-state index is 10.8. The van der Waals surface area contributed by atoms with Crippen LogP contribution in [0.25, 0.3) is 0 Å². The average molecular weight is 356 g/mol. The SMILES string of the molecule is CC(C)SNCC(C)C1CCC(c2ccc(CC(=O)O)s2)CC1. The van der Waals surface area contributed by atoms with Crippen molar-refractivity contribution in [2.45, 2.75) is 64.0 Å². The van der Waals surface area contributed by atoms with Crippen LogP contribution >= 0.6 is 23.3 Å². The largest absolute Gasteiger partial charge is 0.481 e. The number of aliphatic carboxylic acids is 1. The Morgan fingerprint density at radius 3 is 2.61 bits per heavy atom. The normalized spacial score (nSPS) is 23.1. The van der Waals surface area contributed by atoms with Gasteiger partial charge in [-0.25, -0.2) is 0 Å². The lowest BCUT2D eigenvalue weighted by atomic mass is 9.76. The minimum absolute atomic E-state index is 0.163. The first-order chi connectivity index (χ1) is 11.0. The third kappa shape index (κ3) is 6.12. The Morgan fingerprint density at radius 1 is 1.30 bits per heavy atom. The molecule has 0 bridgehead atoms. The highest BCUT2D eigenvalue weighted by atomic mass is 32.2. The first-order valence-corrected chi connectivity index (χ1v) is 10.3. The van der Waals surface area contributed by atoms with Crippen LogP contribution in [0.15, 0.2) is 12.1 Å². The van der Waals surface area contributed by atoms with Crippen LogP contribution in [0.5, 0.6) is 0 Å². The molecule has 0 aliphatic heterocycles. The topological polar surface area (TPSA) is 49.3 Å². The number of carboxylic acid groups (broad SMARTS) is 1. The molecule has 1 heterocycles. The van der Waals surface area contributed by atoms with Gasteiger partial charge < -0.3 is 5.11 Å². The Balaban J connectivity index is 1.77. The van der Waals surface area contributed by atoms with Crippen molar-refractivity contribution in [2.24, 2.45) is 11.8 Å². The molecule has 1 saturated carbocycles. The number of carbonyl (C=O) groups is 1. The molecule has 2 N–H and O–H groups in total. The Bertz CT molecular complexity index is 493. The summed E-state index contributed by atoms with van der Waals surface area (Å²) in [5.74, 6) is 1.46. The highest BCUT2D eigenvalue weighted by Crippen LogP contribution is 2.41. The van der Waals surface area contributed by atoms with E-state index in [9.17, 15) is 4.79 Å². The number of carboxylic acids is 1. The van der Waals surface area contributed by atoms with Gasteiger partial charge in [0.1, 0.15) is 0 Å². The van der Waals surface area contributed by atoms with Gasteiger partial charge in [0.2, 0.25) is 0 Å². The molecule has 2 rings (SSSR count). The Labute approximate surface area is 148 Å². The van der Waals surface area contributed by atoms with E-state index in [1.54, 1.807) is 11.3 Å². The summed E-state index contributed by atoms with van der Waals surface area (Å²) in [6, 6.07) is 4.15. The minimum atomic E-state index is -0.734. The first kappa shape index (κ1) is 18.8. The van der Waals surface area contributed by atoms with Crippen LogP contribution in [-0.2, 0) is 11.2 Å². The van der Waals surface area contributed by atoms with Crippen LogP contribution in [0, 0.1) is 11.8 Å². The van der Waals surface area contributed by atoms with Crippen molar-refractivity contribution in [1.29, 1.82) is 0 Å². The molecule has 1 aromatic heterocycles. The molecule has 0 aromatic carbocycles. The summed E-state index contributed by atoms with van der Waals surface area (Å²) < 4.78 is 3.51. The van der Waals surface area contributed by atoms with E-state index in [2.05, 4.69) is 31.6 Å². The molecule has 5 heteroatoms. The van der Waals surface area contributed by atoms with Crippen molar-refractivity contribution < 1.29 is 9.90 Å². The minimum Gasteiger partial charge on any atom is -0.481 e. The summed E-state index contributed by atoms with van der Waals surface area (Å²) in [6.45, 7) is 7.90. The van der Waals surface area contributed by atoms with Gasteiger partial charge in [-0.2, -0.15) is 0 Å². The standard InChI is InChI=1S/C18H29NO2S2/c1-12(2)23-19-11-13(3)14-4-6-15(7-5-14)17-9-8-16(22-17)10-18(20)21/h8-9,12-15,19H,4-7,10-11H2,1-3H3,(H,20,21). The van der Waals surface area contributed by atoms with Gasteiger partial charge >= 0.3 is 5.97 Å². The number of rotatable bonds is 8. The fourth-order valence-corrected chi connectivity index (χ4v) is 5.21. The van der Waals surface area contributed by atoms with Gasteiger partial charge in [0.25, 0.3) is 0 Å². The van der Waals surface area contributed by atoms with E-state index < -0.39 is 5.97 Å². The second-order valence-corrected chi connectivity index (χ2v) is 9.65. The van der Waals surface area contributed by atoms with E-state index >= 15 is 0 Å². The molecule has 1 aliphatic carbocycles. The van der Waals surface area contributed by atoms with E-state index in [1.165, 1.54) is 30.6 Å².